The van der Waals surface area contributed by atoms with Crippen molar-refractivity contribution in [1.29, 1.82) is 0 Å². The van der Waals surface area contributed by atoms with Gasteiger partial charge in [-0.1, -0.05) is 48.9 Å². The standard InChI is InChI=1S/C17H21NS/c1-3-19-16-10-8-15(9-11-16)17(18)12-14-6-4-13(2)5-7-14/h4-11,17H,3,12,18H2,1-2H3. The molecule has 100 valence electrons. The summed E-state index contributed by atoms with van der Waals surface area (Å²) < 4.78 is 0. The van der Waals surface area contributed by atoms with Crippen molar-refractivity contribution in [3.63, 3.8) is 0 Å². The summed E-state index contributed by atoms with van der Waals surface area (Å²) in [7, 11) is 0. The summed E-state index contributed by atoms with van der Waals surface area (Å²) in [5.41, 5.74) is 10.1. The van der Waals surface area contributed by atoms with Crippen LogP contribution in [0.25, 0.3) is 0 Å². The van der Waals surface area contributed by atoms with Gasteiger partial charge in [0.15, 0.2) is 0 Å². The van der Waals surface area contributed by atoms with E-state index in [1.165, 1.54) is 21.6 Å². The first-order valence-corrected chi connectivity index (χ1v) is 7.71. The molecule has 0 aliphatic heterocycles. The fraction of sp³-hybridized carbons (Fsp3) is 0.294. The molecule has 0 spiro atoms. The number of thioether (sulfide) groups is 1. The van der Waals surface area contributed by atoms with E-state index in [0.717, 1.165) is 12.2 Å². The molecule has 2 heteroatoms. The first-order valence-electron chi connectivity index (χ1n) is 6.73. The van der Waals surface area contributed by atoms with Gasteiger partial charge in [-0.15, -0.1) is 11.8 Å². The first kappa shape index (κ1) is 14.2. The van der Waals surface area contributed by atoms with Crippen LogP contribution in [0.4, 0.5) is 0 Å². The fourth-order valence-electron chi connectivity index (χ4n) is 2.07. The molecule has 2 N–H and O–H groups in total. The number of hydrogen-bond donors (Lipinski definition) is 1. The van der Waals surface area contributed by atoms with E-state index in [4.69, 9.17) is 5.73 Å². The molecule has 0 amide bonds. The van der Waals surface area contributed by atoms with Crippen molar-refractivity contribution in [1.82, 2.24) is 0 Å². The Kier molecular flexibility index (Phi) is 5.06. The lowest BCUT2D eigenvalue weighted by molar-refractivity contribution is 0.721. The lowest BCUT2D eigenvalue weighted by Crippen LogP contribution is -2.13. The lowest BCUT2D eigenvalue weighted by Gasteiger charge is -2.13. The molecule has 1 atom stereocenters. The summed E-state index contributed by atoms with van der Waals surface area (Å²) in [6.45, 7) is 4.27. The summed E-state index contributed by atoms with van der Waals surface area (Å²) in [6, 6.07) is 17.3. The molecule has 1 nitrogen and oxygen atoms in total. The van der Waals surface area contributed by atoms with Gasteiger partial charge in [0, 0.05) is 10.9 Å². The van der Waals surface area contributed by atoms with Crippen LogP contribution in [-0.4, -0.2) is 5.75 Å². The molecule has 0 saturated carbocycles. The Balaban J connectivity index is 2.02. The molecule has 0 saturated heterocycles. The van der Waals surface area contributed by atoms with Gasteiger partial charge in [-0.3, -0.25) is 0 Å². The zero-order valence-electron chi connectivity index (χ0n) is 11.6. The number of rotatable bonds is 5. The molecule has 0 radical (unpaired) electrons. The molecule has 2 rings (SSSR count). The molecule has 2 aromatic carbocycles. The molecule has 0 heterocycles. The Morgan fingerprint density at radius 3 is 2.21 bits per heavy atom. The number of nitrogens with two attached hydrogens (primary N) is 1. The minimum absolute atomic E-state index is 0.0726. The zero-order chi connectivity index (χ0) is 13.7. The third-order valence-corrected chi connectivity index (χ3v) is 4.09. The van der Waals surface area contributed by atoms with E-state index in [0.29, 0.717) is 0 Å². The van der Waals surface area contributed by atoms with Gasteiger partial charge >= 0.3 is 0 Å². The van der Waals surface area contributed by atoms with E-state index >= 15 is 0 Å². The Morgan fingerprint density at radius 2 is 1.63 bits per heavy atom. The fourth-order valence-corrected chi connectivity index (χ4v) is 2.74. The monoisotopic (exact) mass is 271 g/mol. The van der Waals surface area contributed by atoms with Gasteiger partial charge in [0.25, 0.3) is 0 Å². The SMILES string of the molecule is CCSc1ccc(C(N)Cc2ccc(C)cc2)cc1. The molecule has 0 aliphatic carbocycles. The molecule has 0 fully saturated rings. The first-order chi connectivity index (χ1) is 9.19. The van der Waals surface area contributed by atoms with E-state index in [-0.39, 0.29) is 6.04 Å². The van der Waals surface area contributed by atoms with Crippen molar-refractivity contribution in [2.24, 2.45) is 5.73 Å². The largest absolute Gasteiger partial charge is 0.324 e. The Labute approximate surface area is 120 Å². The topological polar surface area (TPSA) is 26.0 Å². The van der Waals surface area contributed by atoms with Crippen molar-refractivity contribution in [2.45, 2.75) is 31.2 Å². The van der Waals surface area contributed by atoms with Gasteiger partial charge < -0.3 is 5.73 Å². The van der Waals surface area contributed by atoms with Crippen molar-refractivity contribution in [3.8, 4) is 0 Å². The number of benzene rings is 2. The van der Waals surface area contributed by atoms with Crippen LogP contribution in [0.2, 0.25) is 0 Å². The van der Waals surface area contributed by atoms with Gasteiger partial charge in [-0.05, 0) is 42.4 Å². The molecule has 0 bridgehead atoms. The van der Waals surface area contributed by atoms with E-state index in [1.807, 2.05) is 11.8 Å². The summed E-state index contributed by atoms with van der Waals surface area (Å²) in [6.07, 6.45) is 0.889. The quantitative estimate of drug-likeness (QED) is 0.818. The molecule has 0 aromatic heterocycles. The smallest absolute Gasteiger partial charge is 0.0335 e. The van der Waals surface area contributed by atoms with E-state index in [9.17, 15) is 0 Å². The van der Waals surface area contributed by atoms with Crippen molar-refractivity contribution in [2.75, 3.05) is 5.75 Å². The third-order valence-electron chi connectivity index (χ3n) is 3.20. The predicted molar refractivity (Wildman–Crippen MR) is 84.7 cm³/mol. The van der Waals surface area contributed by atoms with Crippen LogP contribution in [0.3, 0.4) is 0 Å². The van der Waals surface area contributed by atoms with E-state index in [2.05, 4.69) is 62.4 Å². The van der Waals surface area contributed by atoms with Gasteiger partial charge in [-0.2, -0.15) is 0 Å². The van der Waals surface area contributed by atoms with Crippen LogP contribution < -0.4 is 5.73 Å². The average molecular weight is 271 g/mol. The highest BCUT2D eigenvalue weighted by atomic mass is 32.2. The van der Waals surface area contributed by atoms with Crippen LogP contribution in [0.1, 0.15) is 29.7 Å². The zero-order valence-corrected chi connectivity index (χ0v) is 12.4. The van der Waals surface area contributed by atoms with Crippen molar-refractivity contribution in [3.05, 3.63) is 65.2 Å². The summed E-state index contributed by atoms with van der Waals surface area (Å²) in [5, 5.41) is 0. The molecular formula is C17H21NS. The van der Waals surface area contributed by atoms with Crippen LogP contribution >= 0.6 is 11.8 Å². The second kappa shape index (κ2) is 6.78. The molecular weight excluding hydrogens is 250 g/mol. The molecule has 2 aromatic rings. The van der Waals surface area contributed by atoms with Gasteiger partial charge in [-0.25, -0.2) is 0 Å². The van der Waals surface area contributed by atoms with Crippen molar-refractivity contribution < 1.29 is 0 Å². The highest BCUT2D eigenvalue weighted by Gasteiger charge is 2.07. The highest BCUT2D eigenvalue weighted by molar-refractivity contribution is 7.99. The maximum absolute atomic E-state index is 6.28. The van der Waals surface area contributed by atoms with Gasteiger partial charge in [0.2, 0.25) is 0 Å². The van der Waals surface area contributed by atoms with Crippen LogP contribution in [0.5, 0.6) is 0 Å². The second-order valence-corrected chi connectivity index (χ2v) is 6.14. The molecule has 0 aliphatic rings. The summed E-state index contributed by atoms with van der Waals surface area (Å²) >= 11 is 1.86. The lowest BCUT2D eigenvalue weighted by atomic mass is 9.99. The average Bonchev–Trinajstić information content (AvgIpc) is 2.42. The van der Waals surface area contributed by atoms with Crippen LogP contribution in [-0.2, 0) is 6.42 Å². The Bertz CT molecular complexity index is 502. The number of hydrogen-bond acceptors (Lipinski definition) is 2. The maximum atomic E-state index is 6.28. The van der Waals surface area contributed by atoms with E-state index < -0.39 is 0 Å². The minimum atomic E-state index is 0.0726. The van der Waals surface area contributed by atoms with Crippen LogP contribution in [0.15, 0.2) is 53.4 Å². The second-order valence-electron chi connectivity index (χ2n) is 4.80. The van der Waals surface area contributed by atoms with Crippen LogP contribution in [0, 0.1) is 6.92 Å². The summed E-state index contributed by atoms with van der Waals surface area (Å²) in [5.74, 6) is 1.11. The predicted octanol–water partition coefficient (Wildman–Crippen LogP) is 4.35. The maximum Gasteiger partial charge on any atom is 0.0335 e. The van der Waals surface area contributed by atoms with E-state index in [1.54, 1.807) is 0 Å². The normalized spacial score (nSPS) is 12.4. The van der Waals surface area contributed by atoms with Gasteiger partial charge in [0.1, 0.15) is 0 Å². The number of aryl methyl sites for hydroxylation is 1. The Morgan fingerprint density at radius 1 is 1.00 bits per heavy atom. The Hall–Kier alpha value is -1.25. The van der Waals surface area contributed by atoms with Crippen molar-refractivity contribution >= 4 is 11.8 Å². The minimum Gasteiger partial charge on any atom is -0.324 e. The molecule has 19 heavy (non-hydrogen) atoms. The molecule has 1 unspecified atom stereocenters. The summed E-state index contributed by atoms with van der Waals surface area (Å²) in [4.78, 5) is 1.31. The highest BCUT2D eigenvalue weighted by Crippen LogP contribution is 2.22. The third kappa shape index (κ3) is 4.12. The van der Waals surface area contributed by atoms with Gasteiger partial charge in [0.05, 0.1) is 0 Å².